The summed E-state index contributed by atoms with van der Waals surface area (Å²) in [7, 11) is 0. The topological polar surface area (TPSA) is 36.7 Å². The van der Waals surface area contributed by atoms with E-state index in [4.69, 9.17) is 16.9 Å². The molecule has 0 radical (unpaired) electrons. The third-order valence-electron chi connectivity index (χ3n) is 1.79. The van der Waals surface area contributed by atoms with Crippen LogP contribution in [0.25, 0.3) is 10.6 Å². The van der Waals surface area contributed by atoms with Gasteiger partial charge in [-0.2, -0.15) is 5.26 Å². The molecule has 0 spiro atoms. The summed E-state index contributed by atoms with van der Waals surface area (Å²) in [6.07, 6.45) is 0. The van der Waals surface area contributed by atoms with Gasteiger partial charge in [0.25, 0.3) is 0 Å². The number of rotatable bonds is 1. The zero-order valence-corrected chi connectivity index (χ0v) is 10.5. The van der Waals surface area contributed by atoms with Crippen LogP contribution in [0.1, 0.15) is 4.88 Å². The van der Waals surface area contributed by atoms with E-state index in [2.05, 4.69) is 27.0 Å². The van der Waals surface area contributed by atoms with E-state index >= 15 is 0 Å². The maximum absolute atomic E-state index is 8.81. The van der Waals surface area contributed by atoms with Crippen molar-refractivity contribution in [2.24, 2.45) is 0 Å². The van der Waals surface area contributed by atoms with Gasteiger partial charge in [0.15, 0.2) is 0 Å². The Hall–Kier alpha value is -0.890. The van der Waals surface area contributed by atoms with E-state index in [0.29, 0.717) is 14.5 Å². The molecule has 1 aromatic heterocycles. The maximum atomic E-state index is 8.81. The standard InChI is InChI=1S/C10H4BrClN2S/c11-9-8(5-13)15-10(14-9)6-3-1-2-4-7(6)12/h1-4H. The van der Waals surface area contributed by atoms with Gasteiger partial charge in [-0.15, -0.1) is 11.3 Å². The second-order valence-corrected chi connectivity index (χ2v) is 4.89. The summed E-state index contributed by atoms with van der Waals surface area (Å²) in [6, 6.07) is 9.51. The monoisotopic (exact) mass is 298 g/mol. The van der Waals surface area contributed by atoms with Gasteiger partial charge in [0.2, 0.25) is 0 Å². The van der Waals surface area contributed by atoms with Gasteiger partial charge < -0.3 is 0 Å². The minimum Gasteiger partial charge on any atom is -0.228 e. The number of hydrogen-bond donors (Lipinski definition) is 0. The molecule has 0 aliphatic rings. The first-order chi connectivity index (χ1) is 7.22. The number of halogens is 2. The van der Waals surface area contributed by atoms with Crippen LogP contribution in [0.2, 0.25) is 5.02 Å². The lowest BCUT2D eigenvalue weighted by molar-refractivity contribution is 1.34. The molecular formula is C10H4BrClN2S. The van der Waals surface area contributed by atoms with Crippen LogP contribution in [0.15, 0.2) is 28.9 Å². The third-order valence-corrected chi connectivity index (χ3v) is 3.95. The third kappa shape index (κ3) is 2.05. The minimum atomic E-state index is 0.560. The molecule has 0 amide bonds. The highest BCUT2D eigenvalue weighted by atomic mass is 79.9. The van der Waals surface area contributed by atoms with Crippen molar-refractivity contribution >= 4 is 38.9 Å². The van der Waals surface area contributed by atoms with Crippen molar-refractivity contribution < 1.29 is 0 Å². The Morgan fingerprint density at radius 3 is 2.73 bits per heavy atom. The molecule has 2 nitrogen and oxygen atoms in total. The van der Waals surface area contributed by atoms with Crippen molar-refractivity contribution in [3.8, 4) is 16.6 Å². The van der Waals surface area contributed by atoms with Crippen LogP contribution in [0, 0.1) is 11.3 Å². The number of hydrogen-bond acceptors (Lipinski definition) is 3. The second kappa shape index (κ2) is 4.31. The van der Waals surface area contributed by atoms with Gasteiger partial charge >= 0.3 is 0 Å². The lowest BCUT2D eigenvalue weighted by Crippen LogP contribution is -1.76. The van der Waals surface area contributed by atoms with Gasteiger partial charge in [0.05, 0.1) is 5.02 Å². The van der Waals surface area contributed by atoms with Crippen LogP contribution < -0.4 is 0 Å². The highest BCUT2D eigenvalue weighted by Crippen LogP contribution is 2.34. The highest BCUT2D eigenvalue weighted by molar-refractivity contribution is 9.10. The average Bonchev–Trinajstić information content (AvgIpc) is 2.60. The van der Waals surface area contributed by atoms with E-state index < -0.39 is 0 Å². The summed E-state index contributed by atoms with van der Waals surface area (Å²) in [6.45, 7) is 0. The van der Waals surface area contributed by atoms with Crippen molar-refractivity contribution in [3.05, 3.63) is 38.8 Å². The van der Waals surface area contributed by atoms with Gasteiger partial charge in [-0.3, -0.25) is 0 Å². The van der Waals surface area contributed by atoms with Crippen LogP contribution >= 0.6 is 38.9 Å². The molecule has 2 rings (SSSR count). The van der Waals surface area contributed by atoms with E-state index in [1.165, 1.54) is 11.3 Å². The zero-order chi connectivity index (χ0) is 10.8. The summed E-state index contributed by atoms with van der Waals surface area (Å²) >= 11 is 10.6. The van der Waals surface area contributed by atoms with Crippen molar-refractivity contribution in [1.82, 2.24) is 4.98 Å². The van der Waals surface area contributed by atoms with Gasteiger partial charge in [-0.25, -0.2) is 4.98 Å². The average molecular weight is 300 g/mol. The Morgan fingerprint density at radius 2 is 2.13 bits per heavy atom. The number of nitrogens with zero attached hydrogens (tertiary/aromatic N) is 2. The quantitative estimate of drug-likeness (QED) is 0.795. The Kier molecular flexibility index (Phi) is 3.06. The van der Waals surface area contributed by atoms with Crippen molar-refractivity contribution in [1.29, 1.82) is 5.26 Å². The molecule has 0 fully saturated rings. The van der Waals surface area contributed by atoms with Crippen molar-refractivity contribution in [2.45, 2.75) is 0 Å². The summed E-state index contributed by atoms with van der Waals surface area (Å²) in [5.41, 5.74) is 0.853. The molecule has 1 heterocycles. The first-order valence-electron chi connectivity index (χ1n) is 4.03. The molecule has 0 bridgehead atoms. The van der Waals surface area contributed by atoms with E-state index in [0.717, 1.165) is 10.6 Å². The summed E-state index contributed by atoms with van der Waals surface area (Å²) < 4.78 is 0.574. The largest absolute Gasteiger partial charge is 0.228 e. The van der Waals surface area contributed by atoms with Crippen molar-refractivity contribution in [3.63, 3.8) is 0 Å². The fourth-order valence-electron chi connectivity index (χ4n) is 1.12. The van der Waals surface area contributed by atoms with E-state index in [1.807, 2.05) is 18.2 Å². The highest BCUT2D eigenvalue weighted by Gasteiger charge is 2.11. The molecule has 0 N–H and O–H groups in total. The fourth-order valence-corrected chi connectivity index (χ4v) is 2.82. The number of aromatic nitrogens is 1. The Bertz CT molecular complexity index is 545. The number of thiazole rings is 1. The molecule has 0 atom stereocenters. The predicted octanol–water partition coefficient (Wildman–Crippen LogP) is 4.10. The lowest BCUT2D eigenvalue weighted by Gasteiger charge is -1.97. The minimum absolute atomic E-state index is 0.560. The molecule has 74 valence electrons. The molecule has 0 unspecified atom stereocenters. The van der Waals surface area contributed by atoms with Gasteiger partial charge in [-0.05, 0) is 22.0 Å². The normalized spacial score (nSPS) is 9.93. The van der Waals surface area contributed by atoms with Gasteiger partial charge in [0, 0.05) is 5.56 Å². The van der Waals surface area contributed by atoms with E-state index in [1.54, 1.807) is 6.07 Å². The first-order valence-corrected chi connectivity index (χ1v) is 6.02. The molecule has 0 aliphatic heterocycles. The van der Waals surface area contributed by atoms with E-state index in [9.17, 15) is 0 Å². The Balaban J connectivity index is 2.56. The predicted molar refractivity (Wildman–Crippen MR) is 65.0 cm³/mol. The Labute approximate surface area is 104 Å². The maximum Gasteiger partial charge on any atom is 0.139 e. The smallest absolute Gasteiger partial charge is 0.139 e. The molecule has 0 saturated heterocycles. The molecule has 2 aromatic rings. The van der Waals surface area contributed by atoms with Crippen LogP contribution in [0.3, 0.4) is 0 Å². The number of nitriles is 1. The molecule has 5 heteroatoms. The van der Waals surface area contributed by atoms with Crippen LogP contribution in [0.4, 0.5) is 0 Å². The fraction of sp³-hybridized carbons (Fsp3) is 0. The van der Waals surface area contributed by atoms with E-state index in [-0.39, 0.29) is 0 Å². The SMILES string of the molecule is N#Cc1sc(-c2ccccc2Cl)nc1Br. The lowest BCUT2D eigenvalue weighted by atomic mass is 10.2. The van der Waals surface area contributed by atoms with Crippen LogP contribution in [-0.2, 0) is 0 Å². The van der Waals surface area contributed by atoms with Gasteiger partial charge in [-0.1, -0.05) is 29.8 Å². The Morgan fingerprint density at radius 1 is 1.40 bits per heavy atom. The van der Waals surface area contributed by atoms with Gasteiger partial charge in [0.1, 0.15) is 20.6 Å². The van der Waals surface area contributed by atoms with Crippen LogP contribution in [0.5, 0.6) is 0 Å². The molecular weight excluding hydrogens is 296 g/mol. The van der Waals surface area contributed by atoms with Crippen molar-refractivity contribution in [2.75, 3.05) is 0 Å². The second-order valence-electron chi connectivity index (χ2n) is 2.73. The van der Waals surface area contributed by atoms with Crippen LogP contribution in [-0.4, -0.2) is 4.98 Å². The molecule has 15 heavy (non-hydrogen) atoms. The molecule has 0 saturated carbocycles. The summed E-state index contributed by atoms with van der Waals surface area (Å²) in [5, 5.41) is 10.2. The summed E-state index contributed by atoms with van der Waals surface area (Å²) in [4.78, 5) is 4.80. The molecule has 1 aromatic carbocycles. The number of benzene rings is 1. The molecule has 0 aliphatic carbocycles. The first kappa shape index (κ1) is 10.6. The zero-order valence-electron chi connectivity index (χ0n) is 7.37. The summed E-state index contributed by atoms with van der Waals surface area (Å²) in [5.74, 6) is 0.